The summed E-state index contributed by atoms with van der Waals surface area (Å²) < 4.78 is 0. The Hall–Kier alpha value is -2.11. The monoisotopic (exact) mass is 316 g/mol. The highest BCUT2D eigenvalue weighted by molar-refractivity contribution is 8.19. The molecular formula is C15H9ClN2O2S. The van der Waals surface area contributed by atoms with E-state index in [0.29, 0.717) is 15.6 Å². The number of rotatable bonds is 2. The summed E-state index contributed by atoms with van der Waals surface area (Å²) in [5, 5.41) is 0.231. The highest BCUT2D eigenvalue weighted by Gasteiger charge is 2.36. The number of amides is 2. The molecule has 2 heterocycles. The van der Waals surface area contributed by atoms with E-state index in [-0.39, 0.29) is 11.1 Å². The zero-order valence-electron chi connectivity index (χ0n) is 10.7. The Labute approximate surface area is 130 Å². The summed E-state index contributed by atoms with van der Waals surface area (Å²) in [6.45, 7) is 0. The standard InChI is InChI=1S/C15H9ClN2O2S/c16-11-3-5-12(6-4-11)18-14(19)13(21-15(18)20)8-10-2-1-7-17-9-10/h1-9H/b13-8-. The third-order valence-electron chi connectivity index (χ3n) is 2.86. The molecule has 104 valence electrons. The lowest BCUT2D eigenvalue weighted by Gasteiger charge is -2.12. The van der Waals surface area contributed by atoms with E-state index in [4.69, 9.17) is 11.6 Å². The van der Waals surface area contributed by atoms with Crippen molar-refractivity contribution in [1.29, 1.82) is 0 Å². The SMILES string of the molecule is O=C1S/C(=C\c2cccnc2)C(=O)N1c1ccc(Cl)cc1. The van der Waals surface area contributed by atoms with Crippen molar-refractivity contribution < 1.29 is 9.59 Å². The summed E-state index contributed by atoms with van der Waals surface area (Å²) >= 11 is 6.73. The molecular weight excluding hydrogens is 308 g/mol. The van der Waals surface area contributed by atoms with Gasteiger partial charge in [0.1, 0.15) is 0 Å². The van der Waals surface area contributed by atoms with Crippen LogP contribution in [0.25, 0.3) is 6.08 Å². The first-order chi connectivity index (χ1) is 10.1. The Morgan fingerprint density at radius 1 is 1.14 bits per heavy atom. The molecule has 0 atom stereocenters. The van der Waals surface area contributed by atoms with Gasteiger partial charge >= 0.3 is 0 Å². The number of carbonyl (C=O) groups excluding carboxylic acids is 2. The van der Waals surface area contributed by atoms with E-state index in [9.17, 15) is 9.59 Å². The van der Waals surface area contributed by atoms with Crippen molar-refractivity contribution in [2.75, 3.05) is 4.90 Å². The third kappa shape index (κ3) is 2.84. The maximum Gasteiger partial charge on any atom is 0.298 e. The van der Waals surface area contributed by atoms with E-state index in [1.165, 1.54) is 0 Å². The van der Waals surface area contributed by atoms with E-state index in [1.807, 2.05) is 6.07 Å². The first kappa shape index (κ1) is 13.9. The Balaban J connectivity index is 1.92. The van der Waals surface area contributed by atoms with Crippen LogP contribution in [-0.4, -0.2) is 16.1 Å². The molecule has 4 nitrogen and oxygen atoms in total. The number of halogens is 1. The fourth-order valence-electron chi connectivity index (χ4n) is 1.89. The predicted octanol–water partition coefficient (Wildman–Crippen LogP) is 3.98. The molecule has 1 aliphatic heterocycles. The normalized spacial score (nSPS) is 16.8. The van der Waals surface area contributed by atoms with Gasteiger partial charge in [0.2, 0.25) is 0 Å². The average molecular weight is 317 g/mol. The fraction of sp³-hybridized carbons (Fsp3) is 0. The van der Waals surface area contributed by atoms with Crippen LogP contribution in [-0.2, 0) is 4.79 Å². The summed E-state index contributed by atoms with van der Waals surface area (Å²) in [6, 6.07) is 10.2. The molecule has 0 spiro atoms. The predicted molar refractivity (Wildman–Crippen MR) is 84.1 cm³/mol. The highest BCUT2D eigenvalue weighted by atomic mass is 35.5. The minimum absolute atomic E-state index is 0.322. The van der Waals surface area contributed by atoms with Gasteiger partial charge in [-0.15, -0.1) is 0 Å². The fourth-order valence-corrected chi connectivity index (χ4v) is 2.86. The topological polar surface area (TPSA) is 50.3 Å². The van der Waals surface area contributed by atoms with Gasteiger partial charge in [-0.25, -0.2) is 4.90 Å². The second-order valence-electron chi connectivity index (χ2n) is 4.28. The molecule has 2 amide bonds. The lowest BCUT2D eigenvalue weighted by molar-refractivity contribution is -0.113. The Bertz CT molecular complexity index is 729. The minimum Gasteiger partial charge on any atom is -0.268 e. The number of imide groups is 1. The van der Waals surface area contributed by atoms with E-state index >= 15 is 0 Å². The van der Waals surface area contributed by atoms with Crippen LogP contribution in [0.5, 0.6) is 0 Å². The molecule has 1 saturated heterocycles. The van der Waals surface area contributed by atoms with Gasteiger partial charge in [-0.3, -0.25) is 14.6 Å². The van der Waals surface area contributed by atoms with Gasteiger partial charge in [-0.2, -0.15) is 0 Å². The summed E-state index contributed by atoms with van der Waals surface area (Å²) in [6.07, 6.45) is 4.95. The van der Waals surface area contributed by atoms with Crippen LogP contribution in [0.3, 0.4) is 0 Å². The van der Waals surface area contributed by atoms with Gasteiger partial charge in [0, 0.05) is 17.4 Å². The molecule has 0 bridgehead atoms. The zero-order valence-corrected chi connectivity index (χ0v) is 12.3. The average Bonchev–Trinajstić information content (AvgIpc) is 2.76. The summed E-state index contributed by atoms with van der Waals surface area (Å²) in [4.78, 5) is 29.9. The smallest absolute Gasteiger partial charge is 0.268 e. The molecule has 0 aliphatic carbocycles. The zero-order chi connectivity index (χ0) is 14.8. The van der Waals surface area contributed by atoms with Crippen LogP contribution in [0.15, 0.2) is 53.7 Å². The Morgan fingerprint density at radius 3 is 2.57 bits per heavy atom. The number of thioether (sulfide) groups is 1. The highest BCUT2D eigenvalue weighted by Crippen LogP contribution is 2.35. The molecule has 1 aliphatic rings. The van der Waals surface area contributed by atoms with Gasteiger partial charge < -0.3 is 0 Å². The Kier molecular flexibility index (Phi) is 3.77. The van der Waals surface area contributed by atoms with Crippen LogP contribution >= 0.6 is 23.4 Å². The maximum absolute atomic E-state index is 12.4. The molecule has 3 rings (SSSR count). The second kappa shape index (κ2) is 5.71. The quantitative estimate of drug-likeness (QED) is 0.786. The van der Waals surface area contributed by atoms with Crippen LogP contribution in [0.4, 0.5) is 10.5 Å². The number of anilines is 1. The molecule has 0 saturated carbocycles. The Morgan fingerprint density at radius 2 is 1.90 bits per heavy atom. The van der Waals surface area contributed by atoms with Crippen molar-refractivity contribution in [2.24, 2.45) is 0 Å². The summed E-state index contributed by atoms with van der Waals surface area (Å²) in [5.41, 5.74) is 1.29. The number of carbonyl (C=O) groups is 2. The van der Waals surface area contributed by atoms with Gasteiger partial charge in [-0.1, -0.05) is 17.7 Å². The van der Waals surface area contributed by atoms with Crippen LogP contribution < -0.4 is 4.90 Å². The number of benzene rings is 1. The van der Waals surface area contributed by atoms with E-state index in [2.05, 4.69) is 4.98 Å². The van der Waals surface area contributed by atoms with Gasteiger partial charge in [0.05, 0.1) is 10.6 Å². The maximum atomic E-state index is 12.4. The molecule has 2 aromatic rings. The number of aromatic nitrogens is 1. The number of pyridine rings is 1. The number of hydrogen-bond donors (Lipinski definition) is 0. The van der Waals surface area contributed by atoms with Crippen molar-refractivity contribution in [3.05, 3.63) is 64.3 Å². The van der Waals surface area contributed by atoms with Crippen LogP contribution in [0.2, 0.25) is 5.02 Å². The largest absolute Gasteiger partial charge is 0.298 e. The van der Waals surface area contributed by atoms with E-state index in [1.54, 1.807) is 48.8 Å². The lowest BCUT2D eigenvalue weighted by Crippen LogP contribution is -2.27. The van der Waals surface area contributed by atoms with Crippen LogP contribution in [0, 0.1) is 0 Å². The molecule has 0 unspecified atom stereocenters. The van der Waals surface area contributed by atoms with Crippen molar-refractivity contribution >= 4 is 46.3 Å². The second-order valence-corrected chi connectivity index (χ2v) is 5.71. The molecule has 6 heteroatoms. The molecule has 1 fully saturated rings. The lowest BCUT2D eigenvalue weighted by atomic mass is 10.2. The van der Waals surface area contributed by atoms with Gasteiger partial charge in [0.15, 0.2) is 0 Å². The van der Waals surface area contributed by atoms with Crippen LogP contribution in [0.1, 0.15) is 5.56 Å². The number of nitrogens with zero attached hydrogens (tertiary/aromatic N) is 2. The summed E-state index contributed by atoms with van der Waals surface area (Å²) in [5.74, 6) is -0.337. The molecule has 21 heavy (non-hydrogen) atoms. The summed E-state index contributed by atoms with van der Waals surface area (Å²) in [7, 11) is 0. The van der Waals surface area contributed by atoms with Crippen molar-refractivity contribution in [2.45, 2.75) is 0 Å². The molecule has 0 radical (unpaired) electrons. The minimum atomic E-state index is -0.337. The third-order valence-corrected chi connectivity index (χ3v) is 3.98. The molecule has 1 aromatic carbocycles. The van der Waals surface area contributed by atoms with E-state index < -0.39 is 0 Å². The molecule has 0 N–H and O–H groups in total. The van der Waals surface area contributed by atoms with Crippen molar-refractivity contribution in [3.63, 3.8) is 0 Å². The van der Waals surface area contributed by atoms with Crippen molar-refractivity contribution in [1.82, 2.24) is 4.98 Å². The number of hydrogen-bond acceptors (Lipinski definition) is 4. The van der Waals surface area contributed by atoms with Gasteiger partial charge in [0.25, 0.3) is 11.1 Å². The van der Waals surface area contributed by atoms with Crippen molar-refractivity contribution in [3.8, 4) is 0 Å². The first-order valence-electron chi connectivity index (χ1n) is 6.09. The van der Waals surface area contributed by atoms with Gasteiger partial charge in [-0.05, 0) is 53.7 Å². The van der Waals surface area contributed by atoms with E-state index in [0.717, 1.165) is 22.2 Å². The first-order valence-corrected chi connectivity index (χ1v) is 7.28. The molecule has 1 aromatic heterocycles.